The van der Waals surface area contributed by atoms with Crippen LogP contribution >= 0.6 is 23.4 Å². The van der Waals surface area contributed by atoms with E-state index in [2.05, 4.69) is 5.32 Å². The molecule has 2 rings (SSSR count). The van der Waals surface area contributed by atoms with Crippen LogP contribution in [0, 0.1) is 0 Å². The highest BCUT2D eigenvalue weighted by Crippen LogP contribution is 2.27. The van der Waals surface area contributed by atoms with Gasteiger partial charge in [-0.3, -0.25) is 4.79 Å². The molecule has 2 atom stereocenters. The number of methoxy groups -OCH3 is 1. The number of hydrogen-bond acceptors (Lipinski definition) is 3. The van der Waals surface area contributed by atoms with Gasteiger partial charge in [-0.15, -0.1) is 11.8 Å². The van der Waals surface area contributed by atoms with Crippen molar-refractivity contribution in [3.8, 4) is 5.75 Å². The van der Waals surface area contributed by atoms with E-state index in [-0.39, 0.29) is 17.2 Å². The molecule has 0 saturated carbocycles. The molecule has 0 aliphatic rings. The molecule has 2 aromatic carbocycles. The molecule has 0 spiro atoms. The van der Waals surface area contributed by atoms with E-state index in [0.717, 1.165) is 16.2 Å². The van der Waals surface area contributed by atoms with Crippen molar-refractivity contribution in [2.45, 2.75) is 30.0 Å². The van der Waals surface area contributed by atoms with Crippen LogP contribution < -0.4 is 10.1 Å². The summed E-state index contributed by atoms with van der Waals surface area (Å²) < 4.78 is 5.35. The van der Waals surface area contributed by atoms with Crippen LogP contribution in [0.3, 0.4) is 0 Å². The molecule has 0 radical (unpaired) electrons. The Balaban J connectivity index is 1.98. The van der Waals surface area contributed by atoms with E-state index in [1.54, 1.807) is 7.11 Å². The molecule has 0 fully saturated rings. The zero-order valence-corrected chi connectivity index (χ0v) is 14.9. The maximum absolute atomic E-state index is 12.4. The highest BCUT2D eigenvalue weighted by molar-refractivity contribution is 8.00. The second-order valence-corrected chi connectivity index (χ2v) is 7.04. The predicted molar refractivity (Wildman–Crippen MR) is 96.3 cm³/mol. The van der Waals surface area contributed by atoms with Crippen molar-refractivity contribution in [3.05, 3.63) is 59.1 Å². The van der Waals surface area contributed by atoms with Crippen LogP contribution in [0.25, 0.3) is 0 Å². The predicted octanol–water partition coefficient (Wildman–Crippen LogP) is 4.71. The molecule has 2 aromatic rings. The number of carbonyl (C=O) groups excluding carboxylic acids is 1. The molecule has 0 aliphatic carbocycles. The summed E-state index contributed by atoms with van der Waals surface area (Å²) in [7, 11) is 1.63. The third-order valence-corrected chi connectivity index (χ3v) is 4.82. The molecule has 0 heterocycles. The zero-order valence-electron chi connectivity index (χ0n) is 13.4. The summed E-state index contributed by atoms with van der Waals surface area (Å²) in [6, 6.07) is 15.1. The lowest BCUT2D eigenvalue weighted by Crippen LogP contribution is -2.33. The lowest BCUT2D eigenvalue weighted by atomic mass is 10.1. The maximum atomic E-state index is 12.4. The quantitative estimate of drug-likeness (QED) is 0.768. The Morgan fingerprint density at radius 2 is 1.78 bits per heavy atom. The fourth-order valence-electron chi connectivity index (χ4n) is 2.20. The van der Waals surface area contributed by atoms with Gasteiger partial charge >= 0.3 is 0 Å². The highest BCUT2D eigenvalue weighted by Gasteiger charge is 2.19. The third-order valence-electron chi connectivity index (χ3n) is 3.46. The standard InChI is InChI=1S/C18H20ClNO2S/c1-12(16-6-4-5-7-17(16)22-3)20-18(21)13(2)23-15-10-8-14(19)9-11-15/h4-13H,1-3H3,(H,20,21)/t12-,13-/m1/s1. The monoisotopic (exact) mass is 349 g/mol. The summed E-state index contributed by atoms with van der Waals surface area (Å²) in [6.07, 6.45) is 0. The van der Waals surface area contributed by atoms with E-state index in [4.69, 9.17) is 16.3 Å². The summed E-state index contributed by atoms with van der Waals surface area (Å²) in [6.45, 7) is 3.85. The Kier molecular flexibility index (Phi) is 6.37. The molecule has 0 aliphatic heterocycles. The number of thioether (sulfide) groups is 1. The molecule has 0 bridgehead atoms. The number of carbonyl (C=O) groups is 1. The van der Waals surface area contributed by atoms with Gasteiger partial charge in [0.25, 0.3) is 0 Å². The first-order valence-electron chi connectivity index (χ1n) is 7.36. The molecule has 1 N–H and O–H groups in total. The fourth-order valence-corrected chi connectivity index (χ4v) is 3.21. The second kappa shape index (κ2) is 8.27. The van der Waals surface area contributed by atoms with Crippen LogP contribution in [0.1, 0.15) is 25.5 Å². The van der Waals surface area contributed by atoms with Crippen molar-refractivity contribution < 1.29 is 9.53 Å². The largest absolute Gasteiger partial charge is 0.496 e. The number of rotatable bonds is 6. The Morgan fingerprint density at radius 1 is 1.13 bits per heavy atom. The van der Waals surface area contributed by atoms with Crippen LogP contribution in [0.2, 0.25) is 5.02 Å². The molecule has 0 aromatic heterocycles. The van der Waals surface area contributed by atoms with Crippen molar-refractivity contribution in [2.24, 2.45) is 0 Å². The van der Waals surface area contributed by atoms with Gasteiger partial charge in [-0.2, -0.15) is 0 Å². The molecule has 0 saturated heterocycles. The van der Waals surface area contributed by atoms with Gasteiger partial charge in [0.15, 0.2) is 0 Å². The van der Waals surface area contributed by atoms with Gasteiger partial charge in [-0.1, -0.05) is 29.8 Å². The number of para-hydroxylation sites is 1. The van der Waals surface area contributed by atoms with Crippen molar-refractivity contribution in [2.75, 3.05) is 7.11 Å². The number of ether oxygens (including phenoxy) is 1. The topological polar surface area (TPSA) is 38.3 Å². The van der Waals surface area contributed by atoms with E-state index in [9.17, 15) is 4.79 Å². The summed E-state index contributed by atoms with van der Waals surface area (Å²) in [4.78, 5) is 13.4. The number of hydrogen-bond donors (Lipinski definition) is 1. The zero-order chi connectivity index (χ0) is 16.8. The van der Waals surface area contributed by atoms with Crippen molar-refractivity contribution in [3.63, 3.8) is 0 Å². The van der Waals surface area contributed by atoms with Crippen molar-refractivity contribution >= 4 is 29.3 Å². The normalized spacial score (nSPS) is 13.2. The minimum absolute atomic E-state index is 0.0108. The number of halogens is 1. The van der Waals surface area contributed by atoms with E-state index in [0.29, 0.717) is 5.02 Å². The molecule has 1 amide bonds. The Bertz CT molecular complexity index is 660. The van der Waals surface area contributed by atoms with Gasteiger partial charge in [0.1, 0.15) is 5.75 Å². The van der Waals surface area contributed by atoms with Crippen LogP contribution in [-0.2, 0) is 4.79 Å². The highest BCUT2D eigenvalue weighted by atomic mass is 35.5. The van der Waals surface area contributed by atoms with E-state index < -0.39 is 0 Å². The van der Waals surface area contributed by atoms with Gasteiger partial charge in [0, 0.05) is 15.5 Å². The second-order valence-electron chi connectivity index (χ2n) is 5.19. The SMILES string of the molecule is COc1ccccc1[C@@H](C)NC(=O)[C@@H](C)Sc1ccc(Cl)cc1. The Hall–Kier alpha value is -1.65. The number of nitrogens with one attached hydrogen (secondary N) is 1. The Morgan fingerprint density at radius 3 is 2.43 bits per heavy atom. The minimum Gasteiger partial charge on any atom is -0.496 e. The summed E-state index contributed by atoms with van der Waals surface area (Å²) in [5.41, 5.74) is 0.965. The van der Waals surface area contributed by atoms with E-state index in [1.807, 2.05) is 62.4 Å². The number of benzene rings is 2. The summed E-state index contributed by atoms with van der Waals surface area (Å²) >= 11 is 7.38. The lowest BCUT2D eigenvalue weighted by Gasteiger charge is -2.19. The van der Waals surface area contributed by atoms with Gasteiger partial charge in [0.2, 0.25) is 5.91 Å². The fraction of sp³-hybridized carbons (Fsp3) is 0.278. The maximum Gasteiger partial charge on any atom is 0.233 e. The third kappa shape index (κ3) is 4.91. The van der Waals surface area contributed by atoms with Gasteiger partial charge in [0.05, 0.1) is 18.4 Å². The Labute approximate surface area is 146 Å². The first-order valence-corrected chi connectivity index (χ1v) is 8.62. The molecular formula is C18H20ClNO2S. The van der Waals surface area contributed by atoms with Gasteiger partial charge in [-0.25, -0.2) is 0 Å². The molecule has 5 heteroatoms. The molecule has 3 nitrogen and oxygen atoms in total. The minimum atomic E-state index is -0.201. The van der Waals surface area contributed by atoms with Crippen molar-refractivity contribution in [1.29, 1.82) is 0 Å². The smallest absolute Gasteiger partial charge is 0.233 e. The first kappa shape index (κ1) is 17.7. The molecule has 23 heavy (non-hydrogen) atoms. The molecule has 122 valence electrons. The molecule has 0 unspecified atom stereocenters. The van der Waals surface area contributed by atoms with Crippen LogP contribution in [-0.4, -0.2) is 18.3 Å². The molecular weight excluding hydrogens is 330 g/mol. The van der Waals surface area contributed by atoms with Crippen LogP contribution in [0.15, 0.2) is 53.4 Å². The van der Waals surface area contributed by atoms with E-state index >= 15 is 0 Å². The summed E-state index contributed by atoms with van der Waals surface area (Å²) in [5.74, 6) is 0.765. The number of amides is 1. The van der Waals surface area contributed by atoms with Crippen LogP contribution in [0.5, 0.6) is 5.75 Å². The van der Waals surface area contributed by atoms with Crippen molar-refractivity contribution in [1.82, 2.24) is 5.32 Å². The average molecular weight is 350 g/mol. The van der Waals surface area contributed by atoms with Gasteiger partial charge in [-0.05, 0) is 44.2 Å². The van der Waals surface area contributed by atoms with Gasteiger partial charge < -0.3 is 10.1 Å². The lowest BCUT2D eigenvalue weighted by molar-refractivity contribution is -0.120. The van der Waals surface area contributed by atoms with E-state index in [1.165, 1.54) is 11.8 Å². The summed E-state index contributed by atoms with van der Waals surface area (Å²) in [5, 5.41) is 3.53. The van der Waals surface area contributed by atoms with Crippen LogP contribution in [0.4, 0.5) is 0 Å². The average Bonchev–Trinajstić information content (AvgIpc) is 2.56. The first-order chi connectivity index (χ1) is 11.0.